The molecular formula is C34H41N5O5. The second-order valence-electron chi connectivity index (χ2n) is 12.2. The third kappa shape index (κ3) is 7.31. The zero-order chi connectivity index (χ0) is 31.3. The number of nitrogens with one attached hydrogen (secondary N) is 2. The van der Waals surface area contributed by atoms with E-state index in [1.54, 1.807) is 13.8 Å². The Morgan fingerprint density at radius 1 is 1.09 bits per heavy atom. The van der Waals surface area contributed by atoms with Crippen molar-refractivity contribution in [3.63, 3.8) is 0 Å². The number of H-pyrrole nitrogens is 1. The lowest BCUT2D eigenvalue weighted by atomic mass is 9.91. The van der Waals surface area contributed by atoms with Gasteiger partial charge in [-0.3, -0.25) is 18.9 Å². The van der Waals surface area contributed by atoms with Crippen LogP contribution in [0.3, 0.4) is 0 Å². The Balaban J connectivity index is 1.42. The number of rotatable bonds is 12. The maximum Gasteiger partial charge on any atom is 0.439 e. The number of aromatic nitrogens is 4. The predicted octanol–water partition coefficient (Wildman–Crippen LogP) is 5.26. The van der Waals surface area contributed by atoms with E-state index in [2.05, 4.69) is 17.1 Å². The molecule has 0 atom stereocenters. The predicted molar refractivity (Wildman–Crippen MR) is 169 cm³/mol. The standard InChI is InChI=1S/C34H41N5O5/c1-4-7-29-28(20-22-10-12-23(13-11-22)26-8-5-6-9-27(26)31-37-33(41)44-38-31)32(40)39(30(36-29)18-19-35)24-14-16-25(17-15-24)43-21-34(2,3)42/h5-6,8-13,19,24-25,35,42H,4,7,14-18,20-21H2,1-3H3,(H,37,38,41). The van der Waals surface area contributed by atoms with Crippen LogP contribution in [0.25, 0.3) is 22.5 Å². The third-order valence-corrected chi connectivity index (χ3v) is 8.09. The second-order valence-corrected chi connectivity index (χ2v) is 12.2. The molecule has 10 nitrogen and oxygen atoms in total. The van der Waals surface area contributed by atoms with Gasteiger partial charge < -0.3 is 15.3 Å². The average molecular weight is 600 g/mol. The lowest BCUT2D eigenvalue weighted by molar-refractivity contribution is -0.0656. The molecule has 2 aromatic carbocycles. The van der Waals surface area contributed by atoms with Crippen molar-refractivity contribution in [2.45, 2.75) is 89.9 Å². The fraction of sp³-hybridized carbons (Fsp3) is 0.441. The molecule has 10 heteroatoms. The summed E-state index contributed by atoms with van der Waals surface area (Å²) in [5.74, 6) is 0.412. The van der Waals surface area contributed by atoms with Gasteiger partial charge in [-0.1, -0.05) is 67.0 Å². The van der Waals surface area contributed by atoms with E-state index in [0.29, 0.717) is 36.5 Å². The number of aliphatic hydroxyl groups is 1. The van der Waals surface area contributed by atoms with Gasteiger partial charge in [-0.15, -0.1) is 0 Å². The van der Waals surface area contributed by atoms with Crippen LogP contribution in [-0.2, 0) is 24.0 Å². The minimum absolute atomic E-state index is 0.0109. The number of hydrogen-bond acceptors (Lipinski definition) is 8. The van der Waals surface area contributed by atoms with Gasteiger partial charge in [-0.25, -0.2) is 9.78 Å². The summed E-state index contributed by atoms with van der Waals surface area (Å²) in [7, 11) is 0. The van der Waals surface area contributed by atoms with Crippen molar-refractivity contribution in [2.24, 2.45) is 0 Å². The SMILES string of the molecule is CCCc1nc(CC=N)n(C2CCC(OCC(C)(C)O)CC2)c(=O)c1Cc1ccc(-c2ccccc2-c2noc(=O)[nH]2)cc1. The van der Waals surface area contributed by atoms with E-state index in [-0.39, 0.29) is 24.3 Å². The molecule has 0 amide bonds. The molecule has 2 aromatic heterocycles. The topological polar surface area (TPSA) is 147 Å². The first-order valence-corrected chi connectivity index (χ1v) is 15.4. The van der Waals surface area contributed by atoms with Gasteiger partial charge in [0.25, 0.3) is 5.56 Å². The molecule has 1 fully saturated rings. The van der Waals surface area contributed by atoms with Gasteiger partial charge in [0.1, 0.15) is 5.82 Å². The smallest absolute Gasteiger partial charge is 0.388 e. The highest BCUT2D eigenvalue weighted by Crippen LogP contribution is 2.32. The second kappa shape index (κ2) is 13.7. The van der Waals surface area contributed by atoms with Crippen molar-refractivity contribution >= 4 is 6.21 Å². The van der Waals surface area contributed by atoms with E-state index in [9.17, 15) is 14.7 Å². The molecule has 1 saturated carbocycles. The van der Waals surface area contributed by atoms with Gasteiger partial charge in [0.2, 0.25) is 0 Å². The first kappa shape index (κ1) is 31.3. The first-order valence-electron chi connectivity index (χ1n) is 15.4. The van der Waals surface area contributed by atoms with Crippen molar-refractivity contribution in [2.75, 3.05) is 6.61 Å². The maximum atomic E-state index is 14.2. The Morgan fingerprint density at radius 3 is 2.41 bits per heavy atom. The van der Waals surface area contributed by atoms with Crippen LogP contribution in [0, 0.1) is 5.41 Å². The van der Waals surface area contributed by atoms with Crippen LogP contribution < -0.4 is 11.3 Å². The number of aryl methyl sites for hydroxylation is 1. The Hall–Kier alpha value is -4.15. The summed E-state index contributed by atoms with van der Waals surface area (Å²) in [5, 5.41) is 21.7. The Morgan fingerprint density at radius 2 is 1.80 bits per heavy atom. The quantitative estimate of drug-likeness (QED) is 0.188. The molecule has 232 valence electrons. The lowest BCUT2D eigenvalue weighted by Crippen LogP contribution is -2.37. The fourth-order valence-electron chi connectivity index (χ4n) is 5.98. The number of ether oxygens (including phenoxy) is 1. The summed E-state index contributed by atoms with van der Waals surface area (Å²) in [4.78, 5) is 33.4. The molecule has 1 aliphatic rings. The van der Waals surface area contributed by atoms with Crippen molar-refractivity contribution < 1.29 is 14.4 Å². The highest BCUT2D eigenvalue weighted by molar-refractivity contribution is 5.80. The van der Waals surface area contributed by atoms with E-state index in [0.717, 1.165) is 60.1 Å². The molecular weight excluding hydrogens is 558 g/mol. The highest BCUT2D eigenvalue weighted by atomic mass is 16.5. The molecule has 0 aliphatic heterocycles. The largest absolute Gasteiger partial charge is 0.439 e. The van der Waals surface area contributed by atoms with Crippen LogP contribution in [0.4, 0.5) is 0 Å². The highest BCUT2D eigenvalue weighted by Gasteiger charge is 2.28. The van der Waals surface area contributed by atoms with Crippen molar-refractivity contribution in [3.05, 3.63) is 92.1 Å². The van der Waals surface area contributed by atoms with Crippen LogP contribution in [-0.4, -0.2) is 49.3 Å². The zero-order valence-corrected chi connectivity index (χ0v) is 25.6. The summed E-state index contributed by atoms with van der Waals surface area (Å²) < 4.78 is 12.5. The minimum atomic E-state index is -0.877. The monoisotopic (exact) mass is 599 g/mol. The van der Waals surface area contributed by atoms with E-state index in [1.165, 1.54) is 6.21 Å². The molecule has 0 radical (unpaired) electrons. The molecule has 0 spiro atoms. The summed E-state index contributed by atoms with van der Waals surface area (Å²) in [6, 6.07) is 15.7. The molecule has 0 bridgehead atoms. The molecule has 44 heavy (non-hydrogen) atoms. The average Bonchev–Trinajstić information content (AvgIpc) is 3.45. The van der Waals surface area contributed by atoms with Crippen molar-refractivity contribution in [3.8, 4) is 22.5 Å². The van der Waals surface area contributed by atoms with Crippen LogP contribution in [0.5, 0.6) is 0 Å². The van der Waals surface area contributed by atoms with E-state index in [4.69, 9.17) is 19.7 Å². The Kier molecular flexibility index (Phi) is 9.71. The molecule has 0 saturated heterocycles. The number of benzene rings is 2. The molecule has 4 aromatic rings. The van der Waals surface area contributed by atoms with Crippen molar-refractivity contribution in [1.82, 2.24) is 19.7 Å². The van der Waals surface area contributed by atoms with Gasteiger partial charge in [-0.2, -0.15) is 0 Å². The van der Waals surface area contributed by atoms with E-state index >= 15 is 0 Å². The number of hydrogen-bond donors (Lipinski definition) is 3. The zero-order valence-electron chi connectivity index (χ0n) is 25.6. The number of nitrogens with zero attached hydrogens (tertiary/aromatic N) is 3. The van der Waals surface area contributed by atoms with Crippen LogP contribution in [0.2, 0.25) is 0 Å². The summed E-state index contributed by atoms with van der Waals surface area (Å²) in [5.41, 5.74) is 4.20. The van der Waals surface area contributed by atoms with Gasteiger partial charge in [-0.05, 0) is 62.6 Å². The molecule has 3 N–H and O–H groups in total. The van der Waals surface area contributed by atoms with E-state index < -0.39 is 11.4 Å². The van der Waals surface area contributed by atoms with Crippen LogP contribution >= 0.6 is 0 Å². The van der Waals surface area contributed by atoms with Crippen LogP contribution in [0.15, 0.2) is 62.6 Å². The van der Waals surface area contributed by atoms with Gasteiger partial charge >= 0.3 is 5.76 Å². The minimum Gasteiger partial charge on any atom is -0.388 e. The lowest BCUT2D eigenvalue weighted by Gasteiger charge is -2.32. The van der Waals surface area contributed by atoms with Gasteiger partial charge in [0.05, 0.1) is 24.0 Å². The molecule has 1 aliphatic carbocycles. The van der Waals surface area contributed by atoms with Crippen molar-refractivity contribution in [1.29, 1.82) is 5.41 Å². The number of aromatic amines is 1. The summed E-state index contributed by atoms with van der Waals surface area (Å²) in [6.45, 7) is 5.84. The molecule has 5 rings (SSSR count). The normalized spacial score (nSPS) is 17.1. The summed E-state index contributed by atoms with van der Waals surface area (Å²) >= 11 is 0. The van der Waals surface area contributed by atoms with Gasteiger partial charge in [0.15, 0.2) is 5.82 Å². The van der Waals surface area contributed by atoms with Gasteiger partial charge in [0, 0.05) is 36.2 Å². The van der Waals surface area contributed by atoms with E-state index in [1.807, 2.05) is 53.1 Å². The maximum absolute atomic E-state index is 14.2. The third-order valence-electron chi connectivity index (χ3n) is 8.09. The summed E-state index contributed by atoms with van der Waals surface area (Å²) in [6.07, 6.45) is 6.84. The van der Waals surface area contributed by atoms with Crippen LogP contribution in [0.1, 0.15) is 81.6 Å². The Bertz CT molecular complexity index is 1690. The Labute approximate surface area is 256 Å². The molecule has 2 heterocycles. The fourth-order valence-corrected chi connectivity index (χ4v) is 5.98. The molecule has 0 unspecified atom stereocenters. The first-order chi connectivity index (χ1) is 21.2.